The largest absolute Gasteiger partial charge is 0.459 e. The molecule has 33 heavy (non-hydrogen) atoms. The van der Waals surface area contributed by atoms with Crippen molar-refractivity contribution in [2.75, 3.05) is 5.32 Å². The van der Waals surface area contributed by atoms with E-state index in [1.165, 1.54) is 11.3 Å². The van der Waals surface area contributed by atoms with Gasteiger partial charge in [-0.1, -0.05) is 6.92 Å². The van der Waals surface area contributed by atoms with Gasteiger partial charge in [0.2, 0.25) is 11.6 Å². The number of aromatic nitrogens is 2. The Labute approximate surface area is 191 Å². The van der Waals surface area contributed by atoms with Gasteiger partial charge in [-0.25, -0.2) is 4.79 Å². The van der Waals surface area contributed by atoms with E-state index in [-0.39, 0.29) is 16.7 Å². The molecule has 1 aliphatic carbocycles. The van der Waals surface area contributed by atoms with Crippen LogP contribution in [0, 0.1) is 17.0 Å². The zero-order valence-electron chi connectivity index (χ0n) is 18.2. The van der Waals surface area contributed by atoms with Crippen molar-refractivity contribution in [3.8, 4) is 0 Å². The van der Waals surface area contributed by atoms with Crippen LogP contribution in [0.3, 0.4) is 0 Å². The lowest BCUT2D eigenvalue weighted by molar-refractivity contribution is -0.388. The molecule has 0 aliphatic heterocycles. The first-order valence-electron chi connectivity index (χ1n) is 10.4. The number of nitrogens with one attached hydrogen (secondary N) is 1. The molecule has 0 aromatic carbocycles. The minimum atomic E-state index is -5.05. The Morgan fingerprint density at radius 2 is 2.00 bits per heavy atom. The van der Waals surface area contributed by atoms with Crippen LogP contribution >= 0.6 is 11.3 Å². The highest BCUT2D eigenvalue weighted by Crippen LogP contribution is 2.39. The van der Waals surface area contributed by atoms with Crippen LogP contribution < -0.4 is 5.32 Å². The van der Waals surface area contributed by atoms with Gasteiger partial charge in [-0.15, -0.1) is 11.3 Å². The summed E-state index contributed by atoms with van der Waals surface area (Å²) in [4.78, 5) is 36.4. The van der Waals surface area contributed by atoms with Crippen LogP contribution in [0.25, 0.3) is 0 Å². The third-order valence-corrected chi connectivity index (χ3v) is 6.64. The second-order valence-corrected chi connectivity index (χ2v) is 8.89. The summed E-state index contributed by atoms with van der Waals surface area (Å²) in [7, 11) is 0. The molecule has 2 heterocycles. The van der Waals surface area contributed by atoms with Crippen LogP contribution in [0.1, 0.15) is 65.3 Å². The molecule has 0 fully saturated rings. The molecule has 2 aromatic rings. The van der Waals surface area contributed by atoms with Crippen molar-refractivity contribution in [1.29, 1.82) is 0 Å². The van der Waals surface area contributed by atoms with Gasteiger partial charge in [0, 0.05) is 4.88 Å². The lowest BCUT2D eigenvalue weighted by atomic mass is 9.95. The SMILES string of the molecule is CCC(C)OC(=O)c1c(NC(=O)Cn2nc(C(F)(F)F)c([N+](=O)[O-])c2C)sc2c1CCCC2. The molecule has 1 aliphatic rings. The Morgan fingerprint density at radius 1 is 1.33 bits per heavy atom. The first-order chi connectivity index (χ1) is 15.4. The Kier molecular flexibility index (Phi) is 7.10. The summed E-state index contributed by atoms with van der Waals surface area (Å²) in [6.45, 7) is 4.02. The van der Waals surface area contributed by atoms with E-state index in [2.05, 4.69) is 10.4 Å². The van der Waals surface area contributed by atoms with E-state index in [0.717, 1.165) is 36.6 Å². The molecule has 180 valence electrons. The molecule has 13 heteroatoms. The number of thiophene rings is 1. The quantitative estimate of drug-likeness (QED) is 0.344. The zero-order chi connectivity index (χ0) is 24.5. The number of aryl methyl sites for hydroxylation is 1. The second-order valence-electron chi connectivity index (χ2n) is 7.78. The minimum absolute atomic E-state index is 0.260. The number of rotatable bonds is 7. The highest BCUT2D eigenvalue weighted by atomic mass is 32.1. The number of amides is 1. The maximum absolute atomic E-state index is 13.2. The fourth-order valence-electron chi connectivity index (χ4n) is 3.60. The Balaban J connectivity index is 1.89. The number of carbonyl (C=O) groups is 2. The van der Waals surface area contributed by atoms with Crippen molar-refractivity contribution in [3.63, 3.8) is 0 Å². The lowest BCUT2D eigenvalue weighted by Crippen LogP contribution is -2.22. The van der Waals surface area contributed by atoms with Crippen LogP contribution in [0.2, 0.25) is 0 Å². The van der Waals surface area contributed by atoms with Gasteiger partial charge in [-0.2, -0.15) is 18.3 Å². The molecule has 1 amide bonds. The van der Waals surface area contributed by atoms with Crippen LogP contribution in [0.15, 0.2) is 0 Å². The Hall–Kier alpha value is -2.96. The summed E-state index contributed by atoms with van der Waals surface area (Å²) in [5.41, 5.74) is -2.17. The molecule has 0 spiro atoms. The van der Waals surface area contributed by atoms with Crippen molar-refractivity contribution in [2.24, 2.45) is 0 Å². The number of fused-ring (bicyclic) bond motifs is 1. The van der Waals surface area contributed by atoms with E-state index in [4.69, 9.17) is 4.74 Å². The third kappa shape index (κ3) is 5.18. The predicted octanol–water partition coefficient (Wildman–Crippen LogP) is 4.65. The van der Waals surface area contributed by atoms with Crippen LogP contribution in [0.5, 0.6) is 0 Å². The molecule has 1 atom stereocenters. The topological polar surface area (TPSA) is 116 Å². The molecular formula is C20H23F3N4O5S. The number of ether oxygens (including phenoxy) is 1. The normalized spacial score (nSPS) is 14.5. The maximum Gasteiger partial charge on any atom is 0.442 e. The number of alkyl halides is 3. The average Bonchev–Trinajstić information content (AvgIpc) is 3.25. The van der Waals surface area contributed by atoms with E-state index < -0.39 is 46.6 Å². The number of halogens is 3. The monoisotopic (exact) mass is 488 g/mol. The number of nitro groups is 1. The van der Waals surface area contributed by atoms with Crippen molar-refractivity contribution in [1.82, 2.24) is 9.78 Å². The summed E-state index contributed by atoms with van der Waals surface area (Å²) in [5.74, 6) is -1.33. The van der Waals surface area contributed by atoms with Crippen LogP contribution in [-0.4, -0.2) is 32.7 Å². The van der Waals surface area contributed by atoms with E-state index in [1.54, 1.807) is 6.92 Å². The number of nitrogens with zero attached hydrogens (tertiary/aromatic N) is 3. The van der Waals surface area contributed by atoms with Crippen molar-refractivity contribution >= 4 is 33.9 Å². The number of carbonyl (C=O) groups excluding carboxylic acids is 2. The predicted molar refractivity (Wildman–Crippen MR) is 113 cm³/mol. The highest BCUT2D eigenvalue weighted by molar-refractivity contribution is 7.17. The molecule has 0 radical (unpaired) electrons. The summed E-state index contributed by atoms with van der Waals surface area (Å²) in [6.07, 6.45) is -1.53. The van der Waals surface area contributed by atoms with Crippen molar-refractivity contribution in [3.05, 3.63) is 37.5 Å². The highest BCUT2D eigenvalue weighted by Gasteiger charge is 2.44. The average molecular weight is 488 g/mol. The maximum atomic E-state index is 13.2. The fraction of sp³-hybridized carbons (Fsp3) is 0.550. The molecule has 1 N–H and O–H groups in total. The van der Waals surface area contributed by atoms with Crippen LogP contribution in [0.4, 0.5) is 23.9 Å². The number of hydrogen-bond donors (Lipinski definition) is 1. The van der Waals surface area contributed by atoms with Gasteiger partial charge in [0.25, 0.3) is 0 Å². The smallest absolute Gasteiger partial charge is 0.442 e. The Bertz CT molecular complexity index is 1090. The van der Waals surface area contributed by atoms with Gasteiger partial charge in [0.1, 0.15) is 17.2 Å². The van der Waals surface area contributed by atoms with Gasteiger partial charge >= 0.3 is 17.8 Å². The third-order valence-electron chi connectivity index (χ3n) is 5.43. The summed E-state index contributed by atoms with van der Waals surface area (Å²) in [5, 5.41) is 17.2. The molecule has 0 bridgehead atoms. The standard InChI is InChI=1S/C20H23F3N4O5S/c1-4-10(2)32-19(29)15-12-7-5-6-8-13(12)33-18(15)24-14(28)9-26-11(3)16(27(30)31)17(25-26)20(21,22)23/h10H,4-9H2,1-3H3,(H,24,28). The number of hydrogen-bond acceptors (Lipinski definition) is 7. The molecule has 1 unspecified atom stereocenters. The van der Waals surface area contributed by atoms with Gasteiger partial charge in [-0.3, -0.25) is 19.6 Å². The first kappa shape index (κ1) is 24.7. The number of esters is 1. The molecule has 3 rings (SSSR count). The molecule has 9 nitrogen and oxygen atoms in total. The van der Waals surface area contributed by atoms with Crippen molar-refractivity contribution < 1.29 is 32.4 Å². The van der Waals surface area contributed by atoms with Gasteiger partial charge in [-0.05, 0) is 51.5 Å². The molecule has 0 saturated heterocycles. The van der Waals surface area contributed by atoms with E-state index in [0.29, 0.717) is 17.5 Å². The minimum Gasteiger partial charge on any atom is -0.459 e. The van der Waals surface area contributed by atoms with Gasteiger partial charge in [0.15, 0.2) is 0 Å². The summed E-state index contributed by atoms with van der Waals surface area (Å²) < 4.78 is 45.6. The summed E-state index contributed by atoms with van der Waals surface area (Å²) >= 11 is 1.23. The lowest BCUT2D eigenvalue weighted by Gasteiger charge is -2.15. The van der Waals surface area contributed by atoms with E-state index in [9.17, 15) is 32.9 Å². The van der Waals surface area contributed by atoms with Crippen molar-refractivity contribution in [2.45, 2.75) is 71.7 Å². The van der Waals surface area contributed by atoms with Gasteiger partial charge in [0.05, 0.1) is 16.6 Å². The molecular weight excluding hydrogens is 465 g/mol. The number of anilines is 1. The van der Waals surface area contributed by atoms with Crippen LogP contribution in [-0.2, 0) is 35.1 Å². The van der Waals surface area contributed by atoms with E-state index in [1.807, 2.05) is 6.92 Å². The first-order valence-corrected chi connectivity index (χ1v) is 11.2. The summed E-state index contributed by atoms with van der Waals surface area (Å²) in [6, 6.07) is 0. The zero-order valence-corrected chi connectivity index (χ0v) is 19.1. The Morgan fingerprint density at radius 3 is 2.58 bits per heavy atom. The second kappa shape index (κ2) is 9.49. The van der Waals surface area contributed by atoms with E-state index >= 15 is 0 Å². The fourth-order valence-corrected chi connectivity index (χ4v) is 4.89. The van der Waals surface area contributed by atoms with Gasteiger partial charge < -0.3 is 10.1 Å². The molecule has 0 saturated carbocycles. The molecule has 2 aromatic heterocycles.